The molecule has 2 aromatic carbocycles. The van der Waals surface area contributed by atoms with E-state index in [0.717, 1.165) is 36.7 Å². The van der Waals surface area contributed by atoms with Crippen LogP contribution in [0.4, 0.5) is 8.78 Å². The van der Waals surface area contributed by atoms with Crippen molar-refractivity contribution in [1.82, 2.24) is 5.32 Å². The van der Waals surface area contributed by atoms with Gasteiger partial charge in [-0.15, -0.1) is 0 Å². The zero-order valence-corrected chi connectivity index (χ0v) is 22.3. The van der Waals surface area contributed by atoms with Crippen molar-refractivity contribution in [2.75, 3.05) is 7.05 Å². The number of benzene rings is 2. The van der Waals surface area contributed by atoms with Crippen LogP contribution < -0.4 is 11.1 Å². The van der Waals surface area contributed by atoms with Crippen LogP contribution in [0.5, 0.6) is 0 Å². The second kappa shape index (κ2) is 12.8. The highest BCUT2D eigenvalue weighted by atomic mass is 31.0. The van der Waals surface area contributed by atoms with Crippen LogP contribution >= 0.6 is 9.24 Å². The number of nitrogens with two attached hydrogens (primary N) is 1. The van der Waals surface area contributed by atoms with Crippen molar-refractivity contribution in [3.05, 3.63) is 89.2 Å². The molecule has 5 nitrogen and oxygen atoms in total. The first-order valence-electron chi connectivity index (χ1n) is 11.9. The molecule has 0 aromatic heterocycles. The van der Waals surface area contributed by atoms with Crippen molar-refractivity contribution in [2.45, 2.75) is 57.2 Å². The van der Waals surface area contributed by atoms with Crippen LogP contribution in [0.25, 0.3) is 5.57 Å². The first-order valence-corrected chi connectivity index (χ1v) is 12.4. The van der Waals surface area contributed by atoms with Crippen molar-refractivity contribution >= 4 is 26.6 Å². The molecule has 0 radical (unpaired) electrons. The number of hydrogen-bond donors (Lipinski definition) is 3. The molecule has 0 saturated carbocycles. The number of fused-ring (bicyclic) bond motifs is 2. The van der Waals surface area contributed by atoms with Gasteiger partial charge in [-0.1, -0.05) is 83.3 Å². The van der Waals surface area contributed by atoms with E-state index in [1.807, 2.05) is 6.07 Å². The van der Waals surface area contributed by atoms with Gasteiger partial charge in [0.2, 0.25) is 0 Å². The summed E-state index contributed by atoms with van der Waals surface area (Å²) in [6, 6.07) is 16.7. The van der Waals surface area contributed by atoms with Crippen molar-refractivity contribution in [3.63, 3.8) is 0 Å². The maximum absolute atomic E-state index is 13.1. The molecule has 2 unspecified atom stereocenters. The normalized spacial score (nSPS) is 18.9. The molecule has 1 spiro atoms. The Labute approximate surface area is 214 Å². The number of hydrogen-bond acceptors (Lipinski definition) is 3. The summed E-state index contributed by atoms with van der Waals surface area (Å²) in [5.74, 6) is 0.158. The monoisotopic (exact) mass is 515 g/mol. The second-order valence-corrected chi connectivity index (χ2v) is 9.74. The highest BCUT2D eigenvalue weighted by Gasteiger charge is 2.45. The highest BCUT2D eigenvalue weighted by Crippen LogP contribution is 2.46. The molecule has 1 heterocycles. The third kappa shape index (κ3) is 7.23. The van der Waals surface area contributed by atoms with Gasteiger partial charge in [0.15, 0.2) is 0 Å². The molecule has 2 aromatic rings. The number of carbonyl (C=O) groups is 1. The van der Waals surface area contributed by atoms with Gasteiger partial charge in [0, 0.05) is 19.9 Å². The van der Waals surface area contributed by atoms with Crippen LogP contribution in [-0.4, -0.2) is 29.6 Å². The lowest BCUT2D eigenvalue weighted by Gasteiger charge is -2.38. The summed E-state index contributed by atoms with van der Waals surface area (Å²) in [5.41, 5.74) is 9.48. The van der Waals surface area contributed by atoms with Crippen LogP contribution in [-0.2, 0) is 16.8 Å². The Balaban J connectivity index is 0.000000391. The van der Waals surface area contributed by atoms with E-state index in [2.05, 4.69) is 66.3 Å². The quantitative estimate of drug-likeness (QED) is 0.201. The molecule has 4 N–H and O–H groups in total. The van der Waals surface area contributed by atoms with Gasteiger partial charge in [-0.25, -0.2) is 8.78 Å². The number of aliphatic imine (C=N–C) groups is 1. The Morgan fingerprint density at radius 2 is 1.89 bits per heavy atom. The van der Waals surface area contributed by atoms with E-state index in [1.54, 1.807) is 14.0 Å². The molecular weight excluding hydrogens is 479 g/mol. The fraction of sp³-hybridized carbons (Fsp3) is 0.357. The number of aliphatic hydroxyl groups is 1. The number of rotatable bonds is 4. The predicted octanol–water partition coefficient (Wildman–Crippen LogP) is 6.04. The van der Waals surface area contributed by atoms with Gasteiger partial charge < -0.3 is 16.2 Å². The zero-order chi connectivity index (χ0) is 26.9. The van der Waals surface area contributed by atoms with Crippen molar-refractivity contribution in [2.24, 2.45) is 10.7 Å². The predicted molar refractivity (Wildman–Crippen MR) is 147 cm³/mol. The maximum atomic E-state index is 13.1. The fourth-order valence-electron chi connectivity index (χ4n) is 4.57. The lowest BCUT2D eigenvalue weighted by molar-refractivity contribution is -0.119. The summed E-state index contributed by atoms with van der Waals surface area (Å²) >= 11 is 0. The lowest BCUT2D eigenvalue weighted by atomic mass is 9.77. The minimum absolute atomic E-state index is 0.0301. The third-order valence-corrected chi connectivity index (χ3v) is 6.48. The van der Waals surface area contributed by atoms with E-state index in [1.165, 1.54) is 25.9 Å². The Hall–Kier alpha value is -3.05. The molecule has 2 aliphatic rings. The van der Waals surface area contributed by atoms with Crippen LogP contribution in [0, 0.1) is 6.92 Å². The van der Waals surface area contributed by atoms with Gasteiger partial charge in [0.05, 0.1) is 17.4 Å². The number of alkyl halides is 2. The third-order valence-electron chi connectivity index (χ3n) is 6.19. The number of nitrogens with one attached hydrogen (secondary N) is 1. The van der Waals surface area contributed by atoms with Crippen LogP contribution in [0.15, 0.2) is 71.9 Å². The van der Waals surface area contributed by atoms with Gasteiger partial charge in [-0.05, 0) is 42.0 Å². The van der Waals surface area contributed by atoms with E-state index >= 15 is 0 Å². The second-order valence-electron chi connectivity index (χ2n) is 8.89. The molecule has 0 saturated heterocycles. The number of amidine groups is 1. The standard InChI is InChI=1S/C22H23N3O.C4H9F2P.C2H4O/c1-14-7-9-15(10-8-14)17-13-22(25-21(26)19(17)20(23)24-2)12-11-16-5-3-4-6-18(16)22;1-2-3-4(5,6)7;1-2-3/h3-10H,11-13H2,1-2H3,(H2,23,24)(H,25,26);2-3,7H2,1H3;2-3H,1H2. The summed E-state index contributed by atoms with van der Waals surface area (Å²) in [7, 11) is 3.13. The molecule has 194 valence electrons. The number of amides is 1. The molecular formula is C28H36F2N3O2P. The van der Waals surface area contributed by atoms with E-state index in [-0.39, 0.29) is 17.9 Å². The van der Waals surface area contributed by atoms with Gasteiger partial charge in [-0.3, -0.25) is 9.79 Å². The molecule has 36 heavy (non-hydrogen) atoms. The zero-order valence-electron chi connectivity index (χ0n) is 21.2. The molecule has 2 atom stereocenters. The molecule has 4 rings (SSSR count). The van der Waals surface area contributed by atoms with Gasteiger partial charge in [0.25, 0.3) is 11.6 Å². The Bertz CT molecular complexity index is 1120. The number of nitrogens with zero attached hydrogens (tertiary/aromatic N) is 1. The van der Waals surface area contributed by atoms with Gasteiger partial charge >= 0.3 is 0 Å². The van der Waals surface area contributed by atoms with Gasteiger partial charge in [-0.2, -0.15) is 0 Å². The van der Waals surface area contributed by atoms with Crippen molar-refractivity contribution in [1.29, 1.82) is 0 Å². The van der Waals surface area contributed by atoms with E-state index in [0.29, 0.717) is 17.8 Å². The Morgan fingerprint density at radius 1 is 1.28 bits per heavy atom. The van der Waals surface area contributed by atoms with Crippen LogP contribution in [0.3, 0.4) is 0 Å². The van der Waals surface area contributed by atoms with Gasteiger partial charge in [0.1, 0.15) is 5.84 Å². The largest absolute Gasteiger partial charge is 0.516 e. The maximum Gasteiger partial charge on any atom is 0.259 e. The van der Waals surface area contributed by atoms with Crippen molar-refractivity contribution < 1.29 is 18.7 Å². The molecule has 0 fully saturated rings. The van der Waals surface area contributed by atoms with E-state index < -0.39 is 5.66 Å². The molecule has 1 amide bonds. The Kier molecular flexibility index (Phi) is 10.4. The summed E-state index contributed by atoms with van der Waals surface area (Å²) in [4.78, 5) is 17.2. The fourth-order valence-corrected chi connectivity index (χ4v) is 4.86. The number of aliphatic hydroxyl groups excluding tert-OH is 1. The van der Waals surface area contributed by atoms with Crippen LogP contribution in [0.2, 0.25) is 0 Å². The summed E-state index contributed by atoms with van der Waals surface area (Å²) in [5, 5.41) is 10.6. The summed E-state index contributed by atoms with van der Waals surface area (Å²) in [6.45, 7) is 6.71. The SMILES string of the molecule is C=CO.CCCC(F)(F)P.CN=C(N)C1=C(c2ccc(C)cc2)CC2(CCc3ccccc32)NC1=O. The van der Waals surface area contributed by atoms with E-state index in [9.17, 15) is 13.6 Å². The van der Waals surface area contributed by atoms with E-state index in [4.69, 9.17) is 10.8 Å². The minimum Gasteiger partial charge on any atom is -0.516 e. The van der Waals surface area contributed by atoms with Crippen molar-refractivity contribution in [3.8, 4) is 0 Å². The smallest absolute Gasteiger partial charge is 0.259 e. The molecule has 0 bridgehead atoms. The Morgan fingerprint density at radius 3 is 2.42 bits per heavy atom. The molecule has 1 aliphatic heterocycles. The number of halogens is 2. The highest BCUT2D eigenvalue weighted by molar-refractivity contribution is 7.18. The molecule has 1 aliphatic carbocycles. The first kappa shape index (κ1) is 29.2. The van der Waals surface area contributed by atoms with Crippen LogP contribution in [0.1, 0.15) is 54.9 Å². The first-order chi connectivity index (χ1) is 17.0. The molecule has 8 heteroatoms. The summed E-state index contributed by atoms with van der Waals surface area (Å²) < 4.78 is 23.4. The average molecular weight is 516 g/mol. The number of aryl methyl sites for hydroxylation is 2. The minimum atomic E-state index is -2.53. The lowest BCUT2D eigenvalue weighted by Crippen LogP contribution is -2.50. The average Bonchev–Trinajstić information content (AvgIpc) is 3.16. The topological polar surface area (TPSA) is 87.7 Å². The number of carbonyl (C=O) groups excluding carboxylic acids is 1. The summed E-state index contributed by atoms with van der Waals surface area (Å²) in [6.07, 6.45) is 3.87.